The van der Waals surface area contributed by atoms with E-state index in [0.29, 0.717) is 5.92 Å². The van der Waals surface area contributed by atoms with Crippen molar-refractivity contribution in [1.82, 2.24) is 4.98 Å². The van der Waals surface area contributed by atoms with E-state index in [2.05, 4.69) is 11.1 Å². The Morgan fingerprint density at radius 1 is 1.60 bits per heavy atom. The number of aromatic nitrogens is 1. The first kappa shape index (κ1) is 10.6. The summed E-state index contributed by atoms with van der Waals surface area (Å²) in [7, 11) is 0. The Morgan fingerprint density at radius 3 is 3.13 bits per heavy atom. The van der Waals surface area contributed by atoms with Crippen LogP contribution in [0.25, 0.3) is 0 Å². The van der Waals surface area contributed by atoms with E-state index in [-0.39, 0.29) is 6.04 Å². The first-order valence-electron chi connectivity index (χ1n) is 5.54. The fraction of sp³-hybridized carbons (Fsp3) is 0.583. The van der Waals surface area contributed by atoms with E-state index in [9.17, 15) is 0 Å². The van der Waals surface area contributed by atoms with Gasteiger partial charge in [-0.3, -0.25) is 4.98 Å². The summed E-state index contributed by atoms with van der Waals surface area (Å²) in [5.41, 5.74) is 8.45. The average molecular weight is 206 g/mol. The van der Waals surface area contributed by atoms with Gasteiger partial charge in [-0.05, 0) is 31.4 Å². The molecule has 1 aliphatic rings. The minimum absolute atomic E-state index is 0.0685. The van der Waals surface area contributed by atoms with Crippen molar-refractivity contribution in [2.75, 3.05) is 13.2 Å². The second-order valence-electron chi connectivity index (χ2n) is 4.18. The zero-order chi connectivity index (χ0) is 10.7. The zero-order valence-corrected chi connectivity index (χ0v) is 9.15. The second-order valence-corrected chi connectivity index (χ2v) is 4.18. The number of pyridine rings is 1. The molecule has 3 nitrogen and oxygen atoms in total. The summed E-state index contributed by atoms with van der Waals surface area (Å²) >= 11 is 0. The van der Waals surface area contributed by atoms with Crippen LogP contribution in [-0.4, -0.2) is 18.2 Å². The molecule has 0 amide bonds. The van der Waals surface area contributed by atoms with Crippen LogP contribution in [0.15, 0.2) is 18.3 Å². The maximum Gasteiger partial charge on any atom is 0.0512 e. The molecule has 3 heteroatoms. The number of aryl methyl sites for hydroxylation is 1. The van der Waals surface area contributed by atoms with Gasteiger partial charge in [0, 0.05) is 30.5 Å². The van der Waals surface area contributed by atoms with E-state index in [1.165, 1.54) is 0 Å². The van der Waals surface area contributed by atoms with E-state index in [1.54, 1.807) is 0 Å². The smallest absolute Gasteiger partial charge is 0.0512 e. The zero-order valence-electron chi connectivity index (χ0n) is 9.15. The molecule has 1 aromatic heterocycles. The van der Waals surface area contributed by atoms with Crippen LogP contribution in [0.5, 0.6) is 0 Å². The molecule has 1 fully saturated rings. The highest BCUT2D eigenvalue weighted by atomic mass is 16.5. The van der Waals surface area contributed by atoms with Crippen molar-refractivity contribution < 1.29 is 4.74 Å². The van der Waals surface area contributed by atoms with Crippen molar-refractivity contribution in [3.05, 3.63) is 29.6 Å². The minimum Gasteiger partial charge on any atom is -0.381 e. The Hall–Kier alpha value is -0.930. The molecule has 2 rings (SSSR count). The second kappa shape index (κ2) is 4.73. The molecule has 2 N–H and O–H groups in total. The lowest BCUT2D eigenvalue weighted by Crippen LogP contribution is -2.29. The Bertz CT molecular complexity index is 321. The molecule has 0 radical (unpaired) electrons. The molecular weight excluding hydrogens is 188 g/mol. The summed E-state index contributed by atoms with van der Waals surface area (Å²) in [6.07, 6.45) is 4.09. The van der Waals surface area contributed by atoms with Gasteiger partial charge in [0.25, 0.3) is 0 Å². The third kappa shape index (κ3) is 2.36. The third-order valence-corrected chi connectivity index (χ3v) is 3.11. The number of nitrogens with zero attached hydrogens (tertiary/aromatic N) is 1. The van der Waals surface area contributed by atoms with Crippen LogP contribution in [0.2, 0.25) is 0 Å². The Morgan fingerprint density at radius 2 is 2.47 bits per heavy atom. The van der Waals surface area contributed by atoms with Crippen LogP contribution in [0.3, 0.4) is 0 Å². The molecule has 1 aliphatic heterocycles. The standard InChI is InChI=1S/C12H18N2O/c1-9-11(5-2-6-14-9)12(13)10-4-3-7-15-8-10/h2,5-6,10,12H,3-4,7-8,13H2,1H3. The van der Waals surface area contributed by atoms with Gasteiger partial charge in [-0.15, -0.1) is 0 Å². The van der Waals surface area contributed by atoms with Gasteiger partial charge in [-0.25, -0.2) is 0 Å². The quantitative estimate of drug-likeness (QED) is 0.803. The van der Waals surface area contributed by atoms with Crippen molar-refractivity contribution in [1.29, 1.82) is 0 Å². The van der Waals surface area contributed by atoms with Crippen LogP contribution < -0.4 is 5.73 Å². The van der Waals surface area contributed by atoms with Gasteiger partial charge in [0.1, 0.15) is 0 Å². The average Bonchev–Trinajstić information content (AvgIpc) is 2.30. The summed E-state index contributed by atoms with van der Waals surface area (Å²) in [6.45, 7) is 3.68. The van der Waals surface area contributed by atoms with Gasteiger partial charge in [-0.2, -0.15) is 0 Å². The number of rotatable bonds is 2. The molecule has 2 heterocycles. The number of ether oxygens (including phenoxy) is 1. The molecule has 15 heavy (non-hydrogen) atoms. The molecule has 2 unspecified atom stereocenters. The number of hydrogen-bond donors (Lipinski definition) is 1. The summed E-state index contributed by atoms with van der Waals surface area (Å²) in [4.78, 5) is 4.27. The van der Waals surface area contributed by atoms with Crippen molar-refractivity contribution in [2.24, 2.45) is 11.7 Å². The van der Waals surface area contributed by atoms with Crippen LogP contribution in [0, 0.1) is 12.8 Å². The Labute approximate surface area is 90.7 Å². The number of nitrogens with two attached hydrogens (primary N) is 1. The minimum atomic E-state index is 0.0685. The first-order valence-corrected chi connectivity index (χ1v) is 5.54. The van der Waals surface area contributed by atoms with Crippen LogP contribution in [0.4, 0.5) is 0 Å². The van der Waals surface area contributed by atoms with E-state index in [1.807, 2.05) is 19.2 Å². The molecule has 82 valence electrons. The summed E-state index contributed by atoms with van der Waals surface area (Å²) < 4.78 is 5.46. The van der Waals surface area contributed by atoms with Crippen molar-refractivity contribution >= 4 is 0 Å². The molecule has 1 aromatic rings. The fourth-order valence-electron chi connectivity index (χ4n) is 2.15. The topological polar surface area (TPSA) is 48.1 Å². The van der Waals surface area contributed by atoms with Crippen molar-refractivity contribution in [3.63, 3.8) is 0 Å². The largest absolute Gasteiger partial charge is 0.381 e. The summed E-state index contributed by atoms with van der Waals surface area (Å²) in [5, 5.41) is 0. The maximum absolute atomic E-state index is 6.25. The number of hydrogen-bond acceptors (Lipinski definition) is 3. The Kier molecular flexibility index (Phi) is 3.34. The first-order chi connectivity index (χ1) is 7.29. The van der Waals surface area contributed by atoms with Gasteiger partial charge in [-0.1, -0.05) is 6.07 Å². The third-order valence-electron chi connectivity index (χ3n) is 3.11. The lowest BCUT2D eigenvalue weighted by molar-refractivity contribution is 0.0446. The molecule has 0 saturated carbocycles. The molecule has 0 bridgehead atoms. The van der Waals surface area contributed by atoms with Crippen LogP contribution >= 0.6 is 0 Å². The van der Waals surface area contributed by atoms with E-state index in [0.717, 1.165) is 37.3 Å². The summed E-state index contributed by atoms with van der Waals surface area (Å²) in [5.74, 6) is 0.446. The lowest BCUT2D eigenvalue weighted by Gasteiger charge is -2.28. The maximum atomic E-state index is 6.25. The molecular formula is C12H18N2O. The van der Waals surface area contributed by atoms with Gasteiger partial charge >= 0.3 is 0 Å². The van der Waals surface area contributed by atoms with E-state index in [4.69, 9.17) is 10.5 Å². The predicted octanol–water partition coefficient (Wildman–Crippen LogP) is 1.82. The van der Waals surface area contributed by atoms with Crippen molar-refractivity contribution in [3.8, 4) is 0 Å². The molecule has 0 aromatic carbocycles. The molecule has 0 aliphatic carbocycles. The van der Waals surface area contributed by atoms with Crippen LogP contribution in [-0.2, 0) is 4.74 Å². The highest BCUT2D eigenvalue weighted by molar-refractivity contribution is 5.22. The summed E-state index contributed by atoms with van der Waals surface area (Å²) in [6, 6.07) is 4.09. The van der Waals surface area contributed by atoms with Crippen molar-refractivity contribution in [2.45, 2.75) is 25.8 Å². The molecule has 0 spiro atoms. The highest BCUT2D eigenvalue weighted by Crippen LogP contribution is 2.27. The van der Waals surface area contributed by atoms with Gasteiger partial charge < -0.3 is 10.5 Å². The monoisotopic (exact) mass is 206 g/mol. The van der Waals surface area contributed by atoms with E-state index >= 15 is 0 Å². The van der Waals surface area contributed by atoms with Gasteiger partial charge in [0.05, 0.1) is 6.61 Å². The Balaban J connectivity index is 2.12. The fourth-order valence-corrected chi connectivity index (χ4v) is 2.15. The lowest BCUT2D eigenvalue weighted by atomic mass is 9.89. The van der Waals surface area contributed by atoms with Crippen LogP contribution in [0.1, 0.15) is 30.1 Å². The predicted molar refractivity (Wildman–Crippen MR) is 59.4 cm³/mol. The molecule has 1 saturated heterocycles. The van der Waals surface area contributed by atoms with Gasteiger partial charge in [0.2, 0.25) is 0 Å². The molecule has 2 atom stereocenters. The normalized spacial score (nSPS) is 23.7. The van der Waals surface area contributed by atoms with E-state index < -0.39 is 0 Å². The van der Waals surface area contributed by atoms with Gasteiger partial charge in [0.15, 0.2) is 0 Å². The SMILES string of the molecule is Cc1ncccc1C(N)C1CCCOC1. The highest BCUT2D eigenvalue weighted by Gasteiger charge is 2.23.